The van der Waals surface area contributed by atoms with E-state index in [1.54, 1.807) is 4.90 Å². The molecule has 1 amide bonds. The predicted octanol–water partition coefficient (Wildman–Crippen LogP) is 3.59. The zero-order chi connectivity index (χ0) is 17.0. The highest BCUT2D eigenvalue weighted by Crippen LogP contribution is 2.33. The first-order chi connectivity index (χ1) is 10.8. The summed E-state index contributed by atoms with van der Waals surface area (Å²) < 4.78 is 37.9. The minimum absolute atomic E-state index is 0.0226. The highest BCUT2D eigenvalue weighted by molar-refractivity contribution is 6.33. The molecule has 23 heavy (non-hydrogen) atoms. The number of alkyl halides is 3. The minimum Gasteiger partial charge on any atom is -0.352 e. The average molecular weight is 350 g/mol. The molecule has 1 saturated heterocycles. The summed E-state index contributed by atoms with van der Waals surface area (Å²) in [6.45, 7) is 4.11. The number of carbonyl (C=O) groups is 1. The van der Waals surface area contributed by atoms with E-state index < -0.39 is 11.7 Å². The van der Waals surface area contributed by atoms with Crippen molar-refractivity contribution in [2.45, 2.75) is 32.4 Å². The molecule has 1 aliphatic rings. The monoisotopic (exact) mass is 349 g/mol. The molecule has 128 valence electrons. The van der Waals surface area contributed by atoms with Crippen molar-refractivity contribution in [1.82, 2.24) is 9.88 Å². The van der Waals surface area contributed by atoms with E-state index in [-0.39, 0.29) is 10.9 Å². The van der Waals surface area contributed by atoms with Gasteiger partial charge in [-0.15, -0.1) is 0 Å². The maximum absolute atomic E-state index is 12.6. The Bertz CT molecular complexity index is 557. The molecule has 1 aliphatic heterocycles. The van der Waals surface area contributed by atoms with Gasteiger partial charge in [0.1, 0.15) is 5.82 Å². The van der Waals surface area contributed by atoms with E-state index in [0.29, 0.717) is 38.4 Å². The third-order valence-electron chi connectivity index (χ3n) is 3.83. The summed E-state index contributed by atoms with van der Waals surface area (Å²) in [5.74, 6) is 0.457. The van der Waals surface area contributed by atoms with Gasteiger partial charge in [0, 0.05) is 38.8 Å². The predicted molar refractivity (Wildman–Crippen MR) is 82.6 cm³/mol. The molecule has 1 fully saturated rings. The normalized spacial score (nSPS) is 15.9. The van der Waals surface area contributed by atoms with Gasteiger partial charge in [0.2, 0.25) is 5.91 Å². The summed E-state index contributed by atoms with van der Waals surface area (Å²) in [6.07, 6.45) is -1.29. The lowest BCUT2D eigenvalue weighted by molar-refractivity contribution is -0.137. The van der Waals surface area contributed by atoms with E-state index in [2.05, 4.69) is 4.98 Å². The number of aromatic nitrogens is 1. The van der Waals surface area contributed by atoms with E-state index in [9.17, 15) is 18.0 Å². The number of rotatable bonds is 4. The fourth-order valence-electron chi connectivity index (χ4n) is 2.47. The average Bonchev–Trinajstić information content (AvgIpc) is 2.52. The van der Waals surface area contributed by atoms with Gasteiger partial charge in [-0.3, -0.25) is 4.79 Å². The van der Waals surface area contributed by atoms with Gasteiger partial charge in [0.25, 0.3) is 0 Å². The number of unbranched alkanes of at least 4 members (excludes halogenated alkanes) is 1. The number of carbonyl (C=O) groups excluding carboxylic acids is 1. The van der Waals surface area contributed by atoms with Crippen LogP contribution in [0.15, 0.2) is 12.3 Å². The lowest BCUT2D eigenvalue weighted by atomic mass is 10.2. The Morgan fingerprint density at radius 2 is 1.96 bits per heavy atom. The second kappa shape index (κ2) is 7.38. The van der Waals surface area contributed by atoms with Crippen LogP contribution >= 0.6 is 11.6 Å². The molecular weight excluding hydrogens is 331 g/mol. The Balaban J connectivity index is 1.99. The molecule has 0 radical (unpaired) electrons. The summed E-state index contributed by atoms with van der Waals surface area (Å²) >= 11 is 5.95. The summed E-state index contributed by atoms with van der Waals surface area (Å²) in [5, 5.41) is -0.0226. The topological polar surface area (TPSA) is 36.4 Å². The lowest BCUT2D eigenvalue weighted by Crippen LogP contribution is -2.49. The van der Waals surface area contributed by atoms with Crippen molar-refractivity contribution in [3.63, 3.8) is 0 Å². The van der Waals surface area contributed by atoms with Crippen molar-refractivity contribution in [1.29, 1.82) is 0 Å². The molecule has 0 saturated carbocycles. The number of pyridine rings is 1. The number of hydrogen-bond acceptors (Lipinski definition) is 3. The van der Waals surface area contributed by atoms with Crippen LogP contribution in [-0.4, -0.2) is 42.0 Å². The quantitative estimate of drug-likeness (QED) is 0.833. The fourth-order valence-corrected chi connectivity index (χ4v) is 2.76. The molecular formula is C15H19ClF3N3O. The van der Waals surface area contributed by atoms with Gasteiger partial charge in [-0.05, 0) is 12.5 Å². The first kappa shape index (κ1) is 17.8. The second-order valence-electron chi connectivity index (χ2n) is 5.50. The zero-order valence-electron chi connectivity index (χ0n) is 12.9. The van der Waals surface area contributed by atoms with E-state index in [1.807, 2.05) is 11.8 Å². The summed E-state index contributed by atoms with van der Waals surface area (Å²) in [4.78, 5) is 19.4. The van der Waals surface area contributed by atoms with Gasteiger partial charge in [0.05, 0.1) is 10.6 Å². The number of halogens is 4. The number of anilines is 1. The summed E-state index contributed by atoms with van der Waals surface area (Å²) in [7, 11) is 0. The highest BCUT2D eigenvalue weighted by Gasteiger charge is 2.32. The molecule has 2 heterocycles. The van der Waals surface area contributed by atoms with Gasteiger partial charge >= 0.3 is 6.18 Å². The van der Waals surface area contributed by atoms with Gasteiger partial charge in [-0.2, -0.15) is 13.2 Å². The van der Waals surface area contributed by atoms with Gasteiger partial charge in [0.15, 0.2) is 0 Å². The largest absolute Gasteiger partial charge is 0.417 e. The smallest absolute Gasteiger partial charge is 0.352 e. The van der Waals surface area contributed by atoms with Gasteiger partial charge < -0.3 is 9.80 Å². The molecule has 0 bridgehead atoms. The molecule has 1 aromatic heterocycles. The number of piperazine rings is 1. The Hall–Kier alpha value is -1.50. The van der Waals surface area contributed by atoms with Crippen molar-refractivity contribution in [3.8, 4) is 0 Å². The molecule has 0 N–H and O–H groups in total. The van der Waals surface area contributed by atoms with Crippen LogP contribution in [0.4, 0.5) is 19.0 Å². The van der Waals surface area contributed by atoms with E-state index in [1.165, 1.54) is 0 Å². The van der Waals surface area contributed by atoms with Crippen LogP contribution in [0.5, 0.6) is 0 Å². The highest BCUT2D eigenvalue weighted by atomic mass is 35.5. The third kappa shape index (κ3) is 4.50. The maximum atomic E-state index is 12.6. The van der Waals surface area contributed by atoms with Gasteiger partial charge in [-0.25, -0.2) is 4.98 Å². The molecule has 0 aliphatic carbocycles. The number of hydrogen-bond donors (Lipinski definition) is 0. The van der Waals surface area contributed by atoms with Gasteiger partial charge in [-0.1, -0.05) is 24.9 Å². The molecule has 1 aromatic rings. The lowest BCUT2D eigenvalue weighted by Gasteiger charge is -2.36. The molecule has 4 nitrogen and oxygen atoms in total. The summed E-state index contributed by atoms with van der Waals surface area (Å²) in [5.41, 5.74) is -0.861. The third-order valence-corrected chi connectivity index (χ3v) is 4.10. The Morgan fingerprint density at radius 3 is 2.48 bits per heavy atom. The van der Waals surface area contributed by atoms with Crippen LogP contribution in [0.25, 0.3) is 0 Å². The number of amides is 1. The number of nitrogens with zero attached hydrogens (tertiary/aromatic N) is 3. The van der Waals surface area contributed by atoms with Crippen LogP contribution in [0.3, 0.4) is 0 Å². The minimum atomic E-state index is -4.46. The molecule has 0 unspecified atom stereocenters. The summed E-state index contributed by atoms with van der Waals surface area (Å²) in [6, 6.07) is 0.892. The van der Waals surface area contributed by atoms with Crippen LogP contribution in [0, 0.1) is 0 Å². The Labute approximate surface area is 138 Å². The zero-order valence-corrected chi connectivity index (χ0v) is 13.6. The Kier molecular flexibility index (Phi) is 5.73. The molecule has 2 rings (SSSR count). The van der Waals surface area contributed by atoms with Crippen LogP contribution in [0.2, 0.25) is 5.02 Å². The molecule has 0 spiro atoms. The second-order valence-corrected chi connectivity index (χ2v) is 5.91. The first-order valence-corrected chi connectivity index (χ1v) is 7.96. The van der Waals surface area contributed by atoms with Crippen molar-refractivity contribution < 1.29 is 18.0 Å². The van der Waals surface area contributed by atoms with Crippen LogP contribution in [-0.2, 0) is 11.0 Å². The van der Waals surface area contributed by atoms with Crippen molar-refractivity contribution >= 4 is 23.3 Å². The maximum Gasteiger partial charge on any atom is 0.417 e. The van der Waals surface area contributed by atoms with Crippen molar-refractivity contribution in [2.24, 2.45) is 0 Å². The SMILES string of the molecule is CCCCC(=O)N1CCN(c2ncc(C(F)(F)F)cc2Cl)CC1. The Morgan fingerprint density at radius 1 is 1.30 bits per heavy atom. The van der Waals surface area contributed by atoms with Crippen LogP contribution in [0.1, 0.15) is 31.7 Å². The molecule has 0 aromatic carbocycles. The van der Waals surface area contributed by atoms with Crippen LogP contribution < -0.4 is 4.90 Å². The van der Waals surface area contributed by atoms with E-state index in [0.717, 1.165) is 25.1 Å². The van der Waals surface area contributed by atoms with E-state index in [4.69, 9.17) is 11.6 Å². The first-order valence-electron chi connectivity index (χ1n) is 7.58. The fraction of sp³-hybridized carbons (Fsp3) is 0.600. The molecule has 8 heteroatoms. The van der Waals surface area contributed by atoms with Crippen molar-refractivity contribution in [2.75, 3.05) is 31.1 Å². The standard InChI is InChI=1S/C15H19ClF3N3O/c1-2-3-4-13(23)21-5-7-22(8-6-21)14-12(16)9-11(10-20-14)15(17,18)19/h9-10H,2-8H2,1H3. The van der Waals surface area contributed by atoms with E-state index >= 15 is 0 Å². The van der Waals surface area contributed by atoms with Crippen molar-refractivity contribution in [3.05, 3.63) is 22.8 Å². The molecule has 0 atom stereocenters.